The van der Waals surface area contributed by atoms with Crippen molar-refractivity contribution in [1.82, 2.24) is 9.78 Å². The normalized spacial score (nSPS) is 11.4. The summed E-state index contributed by atoms with van der Waals surface area (Å²) < 4.78 is 36.3. The zero-order chi connectivity index (χ0) is 18.9. The van der Waals surface area contributed by atoms with Crippen molar-refractivity contribution in [2.24, 2.45) is 0 Å². The Kier molecular flexibility index (Phi) is 4.93. The van der Waals surface area contributed by atoms with E-state index in [1.165, 1.54) is 26.4 Å². The second-order valence-electron chi connectivity index (χ2n) is 5.56. The first kappa shape index (κ1) is 18.3. The Morgan fingerprint density at radius 3 is 2.35 bits per heavy atom. The zero-order valence-corrected chi connectivity index (χ0v) is 16.0. The van der Waals surface area contributed by atoms with E-state index in [1.807, 2.05) is 31.2 Å². The number of hydrogen-bond acceptors (Lipinski definition) is 5. The topological polar surface area (TPSA) is 70.4 Å². The van der Waals surface area contributed by atoms with Crippen molar-refractivity contribution in [3.05, 3.63) is 54.2 Å². The number of aryl methyl sites for hydroxylation is 1. The molecule has 0 amide bonds. The van der Waals surface area contributed by atoms with E-state index in [0.29, 0.717) is 17.0 Å². The summed E-state index contributed by atoms with van der Waals surface area (Å²) in [5.74, 6) is 0.559. The van der Waals surface area contributed by atoms with Gasteiger partial charge >= 0.3 is 0 Å². The van der Waals surface area contributed by atoms with Crippen molar-refractivity contribution in [3.8, 4) is 28.4 Å². The molecule has 0 N–H and O–H groups in total. The summed E-state index contributed by atoms with van der Waals surface area (Å²) in [7, 11) is 4.45. The molecule has 136 valence electrons. The number of ether oxygens (including phenoxy) is 2. The lowest BCUT2D eigenvalue weighted by Gasteiger charge is -2.15. The highest BCUT2D eigenvalue weighted by Gasteiger charge is 2.23. The van der Waals surface area contributed by atoms with Crippen LogP contribution in [0.2, 0.25) is 0 Å². The summed E-state index contributed by atoms with van der Waals surface area (Å²) in [6.07, 6.45) is 1.64. The summed E-state index contributed by atoms with van der Waals surface area (Å²) in [5.41, 5.74) is 3.10. The maximum Gasteiger partial charge on any atom is 0.265 e. The molecule has 0 unspecified atom stereocenters. The third-order valence-corrected chi connectivity index (χ3v) is 5.35. The van der Waals surface area contributed by atoms with Crippen LogP contribution in [0.1, 0.15) is 5.56 Å². The van der Waals surface area contributed by atoms with E-state index in [0.717, 1.165) is 11.3 Å². The zero-order valence-electron chi connectivity index (χ0n) is 14.4. The molecule has 26 heavy (non-hydrogen) atoms. The molecule has 3 rings (SSSR count). The van der Waals surface area contributed by atoms with Gasteiger partial charge in [0.1, 0.15) is 16.4 Å². The van der Waals surface area contributed by atoms with Crippen LogP contribution >= 0.6 is 10.7 Å². The SMILES string of the molecule is COc1cc(OC)c(S(=O)(=O)Cl)cc1-c1ccnn1-c1ccccc1C. The maximum atomic E-state index is 12.0. The summed E-state index contributed by atoms with van der Waals surface area (Å²) in [5, 5.41) is 4.38. The van der Waals surface area contributed by atoms with Crippen LogP contribution in [0.15, 0.2) is 53.6 Å². The molecule has 0 fully saturated rings. The van der Waals surface area contributed by atoms with Crippen molar-refractivity contribution in [2.75, 3.05) is 14.2 Å². The van der Waals surface area contributed by atoms with Crippen LogP contribution in [0.3, 0.4) is 0 Å². The molecular formula is C18H17ClN2O4S. The molecule has 0 radical (unpaired) electrons. The first-order chi connectivity index (χ1) is 12.4. The minimum absolute atomic E-state index is 0.113. The Labute approximate surface area is 156 Å². The average Bonchev–Trinajstić information content (AvgIpc) is 3.09. The number of rotatable bonds is 5. The monoisotopic (exact) mass is 392 g/mol. The van der Waals surface area contributed by atoms with Crippen LogP contribution in [0.5, 0.6) is 11.5 Å². The van der Waals surface area contributed by atoms with Crippen molar-refractivity contribution >= 4 is 19.7 Å². The molecule has 0 aliphatic heterocycles. The van der Waals surface area contributed by atoms with Gasteiger partial charge in [0.05, 0.1) is 31.8 Å². The molecule has 0 spiro atoms. The number of benzene rings is 2. The third kappa shape index (κ3) is 3.27. The summed E-state index contributed by atoms with van der Waals surface area (Å²) in [4.78, 5) is -0.130. The van der Waals surface area contributed by atoms with Crippen LogP contribution < -0.4 is 9.47 Å². The van der Waals surface area contributed by atoms with E-state index < -0.39 is 9.05 Å². The lowest BCUT2D eigenvalue weighted by Crippen LogP contribution is -2.04. The number of aromatic nitrogens is 2. The second kappa shape index (κ2) is 7.01. The predicted molar refractivity (Wildman–Crippen MR) is 99.9 cm³/mol. The van der Waals surface area contributed by atoms with Crippen molar-refractivity contribution in [3.63, 3.8) is 0 Å². The van der Waals surface area contributed by atoms with Gasteiger partial charge in [-0.25, -0.2) is 13.1 Å². The van der Waals surface area contributed by atoms with Gasteiger partial charge in [-0.05, 0) is 30.7 Å². The van der Waals surface area contributed by atoms with Gasteiger partial charge in [0.15, 0.2) is 0 Å². The Bertz CT molecular complexity index is 1060. The van der Waals surface area contributed by atoms with Gasteiger partial charge in [-0.15, -0.1) is 0 Å². The van der Waals surface area contributed by atoms with Crippen LogP contribution in [0.25, 0.3) is 16.9 Å². The molecule has 3 aromatic rings. The molecule has 8 heteroatoms. The molecule has 1 aromatic heterocycles. The number of halogens is 1. The average molecular weight is 393 g/mol. The van der Waals surface area contributed by atoms with Crippen molar-refractivity contribution in [2.45, 2.75) is 11.8 Å². The quantitative estimate of drug-likeness (QED) is 0.618. The largest absolute Gasteiger partial charge is 0.496 e. The standard InChI is InChI=1S/C18H17ClN2O4S/c1-12-6-4-5-7-14(12)21-15(8-9-20-21)13-10-18(26(19,22)23)17(25-3)11-16(13)24-2/h4-11H,1-3H3. The van der Waals surface area contributed by atoms with E-state index in [-0.39, 0.29) is 10.6 Å². The summed E-state index contributed by atoms with van der Waals surface area (Å²) in [6, 6.07) is 12.5. The molecule has 0 atom stereocenters. The maximum absolute atomic E-state index is 12.0. The molecule has 1 heterocycles. The number of hydrogen-bond donors (Lipinski definition) is 0. The fourth-order valence-electron chi connectivity index (χ4n) is 2.76. The van der Waals surface area contributed by atoms with Gasteiger partial charge < -0.3 is 9.47 Å². The van der Waals surface area contributed by atoms with E-state index in [4.69, 9.17) is 20.2 Å². The van der Waals surface area contributed by atoms with E-state index in [9.17, 15) is 8.42 Å². The first-order valence-corrected chi connectivity index (χ1v) is 9.99. The molecule has 0 aliphatic rings. The van der Waals surface area contributed by atoms with Gasteiger partial charge in [-0.3, -0.25) is 0 Å². The Morgan fingerprint density at radius 1 is 1.04 bits per heavy atom. The fourth-order valence-corrected chi connectivity index (χ4v) is 3.76. The molecule has 6 nitrogen and oxygen atoms in total. The Morgan fingerprint density at radius 2 is 1.73 bits per heavy atom. The van der Waals surface area contributed by atoms with Gasteiger partial charge in [0.25, 0.3) is 9.05 Å². The second-order valence-corrected chi connectivity index (χ2v) is 8.09. The molecular weight excluding hydrogens is 376 g/mol. The van der Waals surface area contributed by atoms with E-state index in [2.05, 4.69) is 5.10 Å². The summed E-state index contributed by atoms with van der Waals surface area (Å²) in [6.45, 7) is 1.97. The van der Waals surface area contributed by atoms with E-state index >= 15 is 0 Å². The number of nitrogens with zero attached hydrogens (tertiary/aromatic N) is 2. The minimum atomic E-state index is -4.01. The Hall–Kier alpha value is -2.51. The van der Waals surface area contributed by atoms with Gasteiger partial charge in [0.2, 0.25) is 0 Å². The van der Waals surface area contributed by atoms with Crippen LogP contribution in [0, 0.1) is 6.92 Å². The highest BCUT2D eigenvalue weighted by molar-refractivity contribution is 8.13. The Balaban J connectivity index is 2.29. The molecule has 0 saturated heterocycles. The number of para-hydroxylation sites is 1. The molecule has 0 saturated carbocycles. The van der Waals surface area contributed by atoms with E-state index in [1.54, 1.807) is 16.9 Å². The lowest BCUT2D eigenvalue weighted by atomic mass is 10.1. The smallest absolute Gasteiger partial charge is 0.265 e. The highest BCUT2D eigenvalue weighted by atomic mass is 35.7. The third-order valence-electron chi connectivity index (χ3n) is 4.01. The molecule has 2 aromatic carbocycles. The van der Waals surface area contributed by atoms with Gasteiger partial charge in [-0.1, -0.05) is 18.2 Å². The molecule has 0 bridgehead atoms. The van der Waals surface area contributed by atoms with Crippen LogP contribution in [-0.4, -0.2) is 32.4 Å². The van der Waals surface area contributed by atoms with Crippen LogP contribution in [0.4, 0.5) is 0 Å². The van der Waals surface area contributed by atoms with Gasteiger partial charge in [-0.2, -0.15) is 5.10 Å². The summed E-state index contributed by atoms with van der Waals surface area (Å²) >= 11 is 0. The predicted octanol–water partition coefficient (Wildman–Crippen LogP) is 3.79. The van der Waals surface area contributed by atoms with Crippen LogP contribution in [-0.2, 0) is 9.05 Å². The number of methoxy groups -OCH3 is 2. The first-order valence-electron chi connectivity index (χ1n) is 7.68. The lowest BCUT2D eigenvalue weighted by molar-refractivity contribution is 0.387. The van der Waals surface area contributed by atoms with Gasteiger partial charge in [0, 0.05) is 22.3 Å². The van der Waals surface area contributed by atoms with Crippen molar-refractivity contribution < 1.29 is 17.9 Å². The van der Waals surface area contributed by atoms with Crippen molar-refractivity contribution in [1.29, 1.82) is 0 Å². The molecule has 0 aliphatic carbocycles. The minimum Gasteiger partial charge on any atom is -0.496 e. The highest BCUT2D eigenvalue weighted by Crippen LogP contribution is 2.39. The fraction of sp³-hybridized carbons (Fsp3) is 0.167.